The summed E-state index contributed by atoms with van der Waals surface area (Å²) in [5.74, 6) is 0. The van der Waals surface area contributed by atoms with Gasteiger partial charge >= 0.3 is 0 Å². The third kappa shape index (κ3) is 3.24. The summed E-state index contributed by atoms with van der Waals surface area (Å²) in [4.78, 5) is 2.48. The Morgan fingerprint density at radius 1 is 1.21 bits per heavy atom. The van der Waals surface area contributed by atoms with Crippen LogP contribution in [0.3, 0.4) is 0 Å². The SMILES string of the molecule is c1ccc(COCCN2CCC3(CC2)OCCc2cn[nH]c23)cc1. The minimum atomic E-state index is -0.133. The van der Waals surface area contributed by atoms with E-state index in [1.54, 1.807) is 0 Å². The van der Waals surface area contributed by atoms with E-state index in [-0.39, 0.29) is 5.60 Å². The summed E-state index contributed by atoms with van der Waals surface area (Å²) in [6.45, 7) is 5.36. The number of piperidine rings is 1. The lowest BCUT2D eigenvalue weighted by atomic mass is 9.84. The first-order chi connectivity index (χ1) is 11.9. The lowest BCUT2D eigenvalue weighted by molar-refractivity contribution is -0.102. The molecule has 1 saturated heterocycles. The van der Waals surface area contributed by atoms with E-state index in [0.717, 1.165) is 52.1 Å². The molecule has 2 aliphatic heterocycles. The predicted octanol–water partition coefficient (Wildman–Crippen LogP) is 2.49. The lowest BCUT2D eigenvalue weighted by Crippen LogP contribution is -2.47. The van der Waals surface area contributed by atoms with Gasteiger partial charge in [-0.15, -0.1) is 0 Å². The fraction of sp³-hybridized carbons (Fsp3) is 0.526. The fourth-order valence-corrected chi connectivity index (χ4v) is 3.81. The number of hydrogen-bond donors (Lipinski definition) is 1. The molecule has 3 heterocycles. The highest BCUT2D eigenvalue weighted by Crippen LogP contribution is 2.40. The molecule has 0 unspecified atom stereocenters. The van der Waals surface area contributed by atoms with Crippen LogP contribution in [0.25, 0.3) is 0 Å². The minimum absolute atomic E-state index is 0.133. The molecule has 0 bridgehead atoms. The first-order valence-corrected chi connectivity index (χ1v) is 8.86. The zero-order chi connectivity index (χ0) is 16.2. The standard InChI is InChI=1S/C19H25N3O2/c1-2-4-16(5-3-1)15-23-13-11-22-9-7-19(8-10-22)18-17(6-12-24-19)14-20-21-18/h1-5,14H,6-13,15H2,(H,20,21). The van der Waals surface area contributed by atoms with Crippen molar-refractivity contribution in [1.82, 2.24) is 15.1 Å². The largest absolute Gasteiger partial charge is 0.375 e. The van der Waals surface area contributed by atoms with E-state index in [9.17, 15) is 0 Å². The molecule has 5 heteroatoms. The van der Waals surface area contributed by atoms with Crippen LogP contribution in [-0.4, -0.2) is 47.9 Å². The third-order valence-corrected chi connectivity index (χ3v) is 5.25. The van der Waals surface area contributed by atoms with Crippen molar-refractivity contribution in [2.75, 3.05) is 32.8 Å². The van der Waals surface area contributed by atoms with Crippen LogP contribution >= 0.6 is 0 Å². The van der Waals surface area contributed by atoms with E-state index >= 15 is 0 Å². The zero-order valence-corrected chi connectivity index (χ0v) is 14.0. The van der Waals surface area contributed by atoms with E-state index in [1.165, 1.54) is 16.8 Å². The first-order valence-electron chi connectivity index (χ1n) is 8.86. The number of nitrogens with one attached hydrogen (secondary N) is 1. The van der Waals surface area contributed by atoms with Gasteiger partial charge in [-0.2, -0.15) is 5.10 Å². The predicted molar refractivity (Wildman–Crippen MR) is 91.7 cm³/mol. The van der Waals surface area contributed by atoms with Gasteiger partial charge in [0.1, 0.15) is 5.60 Å². The molecular formula is C19H25N3O2. The topological polar surface area (TPSA) is 50.4 Å². The molecule has 0 atom stereocenters. The Morgan fingerprint density at radius 3 is 2.88 bits per heavy atom. The molecule has 0 amide bonds. The number of aromatic amines is 1. The zero-order valence-electron chi connectivity index (χ0n) is 14.0. The number of H-pyrrole nitrogens is 1. The van der Waals surface area contributed by atoms with Crippen LogP contribution in [-0.2, 0) is 28.1 Å². The molecule has 1 fully saturated rings. The molecule has 0 aliphatic carbocycles. The van der Waals surface area contributed by atoms with E-state index in [0.29, 0.717) is 6.61 Å². The number of fused-ring (bicyclic) bond motifs is 2. The highest BCUT2D eigenvalue weighted by atomic mass is 16.5. The van der Waals surface area contributed by atoms with Gasteiger partial charge in [0.15, 0.2) is 0 Å². The first kappa shape index (κ1) is 15.8. The molecule has 0 radical (unpaired) electrons. The maximum absolute atomic E-state index is 6.19. The number of nitrogens with zero attached hydrogens (tertiary/aromatic N) is 2. The highest BCUT2D eigenvalue weighted by molar-refractivity contribution is 5.26. The van der Waals surface area contributed by atoms with E-state index in [4.69, 9.17) is 9.47 Å². The Kier molecular flexibility index (Phi) is 4.65. The Bertz CT molecular complexity index is 648. The summed E-state index contributed by atoms with van der Waals surface area (Å²) >= 11 is 0. The number of likely N-dealkylation sites (tertiary alicyclic amines) is 1. The lowest BCUT2D eigenvalue weighted by Gasteiger charge is -2.43. The van der Waals surface area contributed by atoms with Crippen molar-refractivity contribution in [3.8, 4) is 0 Å². The summed E-state index contributed by atoms with van der Waals surface area (Å²) in [6, 6.07) is 10.3. The summed E-state index contributed by atoms with van der Waals surface area (Å²) in [5.41, 5.74) is 3.65. The normalized spacial score (nSPS) is 20.2. The summed E-state index contributed by atoms with van der Waals surface area (Å²) in [6.07, 6.45) is 5.00. The highest BCUT2D eigenvalue weighted by Gasteiger charge is 2.42. The molecule has 4 rings (SSSR count). The van der Waals surface area contributed by atoms with Gasteiger partial charge in [-0.3, -0.25) is 5.10 Å². The van der Waals surface area contributed by atoms with Crippen molar-refractivity contribution >= 4 is 0 Å². The van der Waals surface area contributed by atoms with Gasteiger partial charge in [0.25, 0.3) is 0 Å². The number of benzene rings is 1. The van der Waals surface area contributed by atoms with Crippen LogP contribution < -0.4 is 0 Å². The minimum Gasteiger partial charge on any atom is -0.375 e. The molecule has 2 aromatic rings. The summed E-state index contributed by atoms with van der Waals surface area (Å²) < 4.78 is 12.0. The molecule has 1 aromatic heterocycles. The molecule has 1 spiro atoms. The maximum Gasteiger partial charge on any atom is 0.112 e. The number of aromatic nitrogens is 2. The van der Waals surface area contributed by atoms with Crippen molar-refractivity contribution in [3.05, 3.63) is 53.3 Å². The van der Waals surface area contributed by atoms with Crippen molar-refractivity contribution < 1.29 is 9.47 Å². The molecular weight excluding hydrogens is 302 g/mol. The second-order valence-corrected chi connectivity index (χ2v) is 6.74. The molecule has 2 aliphatic rings. The average molecular weight is 327 g/mol. The van der Waals surface area contributed by atoms with Gasteiger partial charge < -0.3 is 14.4 Å². The van der Waals surface area contributed by atoms with Gasteiger partial charge in [0.2, 0.25) is 0 Å². The van der Waals surface area contributed by atoms with Crippen LogP contribution in [0.15, 0.2) is 36.5 Å². The van der Waals surface area contributed by atoms with Crippen molar-refractivity contribution in [2.45, 2.75) is 31.5 Å². The van der Waals surface area contributed by atoms with Crippen molar-refractivity contribution in [2.24, 2.45) is 0 Å². The van der Waals surface area contributed by atoms with E-state index in [1.807, 2.05) is 12.3 Å². The van der Waals surface area contributed by atoms with Gasteiger partial charge in [-0.05, 0) is 30.4 Å². The molecule has 0 saturated carbocycles. The Morgan fingerprint density at radius 2 is 2.04 bits per heavy atom. The van der Waals surface area contributed by atoms with Crippen LogP contribution in [0.5, 0.6) is 0 Å². The Balaban J connectivity index is 1.24. The quantitative estimate of drug-likeness (QED) is 0.857. The summed E-state index contributed by atoms with van der Waals surface area (Å²) in [7, 11) is 0. The van der Waals surface area contributed by atoms with Crippen LogP contribution in [0.4, 0.5) is 0 Å². The molecule has 24 heavy (non-hydrogen) atoms. The van der Waals surface area contributed by atoms with Gasteiger partial charge in [-0.1, -0.05) is 30.3 Å². The van der Waals surface area contributed by atoms with Crippen LogP contribution in [0.1, 0.15) is 29.7 Å². The van der Waals surface area contributed by atoms with Crippen molar-refractivity contribution in [1.29, 1.82) is 0 Å². The second-order valence-electron chi connectivity index (χ2n) is 6.74. The monoisotopic (exact) mass is 327 g/mol. The molecule has 5 nitrogen and oxygen atoms in total. The van der Waals surface area contributed by atoms with Gasteiger partial charge in [0.05, 0.1) is 31.7 Å². The Labute approximate surface area is 143 Å². The van der Waals surface area contributed by atoms with E-state index in [2.05, 4.69) is 39.4 Å². The fourth-order valence-electron chi connectivity index (χ4n) is 3.81. The summed E-state index contributed by atoms with van der Waals surface area (Å²) in [5, 5.41) is 7.41. The average Bonchev–Trinajstić information content (AvgIpc) is 3.12. The van der Waals surface area contributed by atoms with E-state index < -0.39 is 0 Å². The Hall–Kier alpha value is -1.69. The maximum atomic E-state index is 6.19. The third-order valence-electron chi connectivity index (χ3n) is 5.25. The molecule has 1 aromatic carbocycles. The van der Waals surface area contributed by atoms with Gasteiger partial charge in [-0.25, -0.2) is 0 Å². The molecule has 128 valence electrons. The molecule has 1 N–H and O–H groups in total. The second kappa shape index (κ2) is 7.05. The van der Waals surface area contributed by atoms with Gasteiger partial charge in [0, 0.05) is 19.6 Å². The number of hydrogen-bond acceptors (Lipinski definition) is 4. The smallest absolute Gasteiger partial charge is 0.112 e. The number of rotatable bonds is 5. The van der Waals surface area contributed by atoms with Crippen LogP contribution in [0.2, 0.25) is 0 Å². The van der Waals surface area contributed by atoms with Crippen molar-refractivity contribution in [3.63, 3.8) is 0 Å². The number of ether oxygens (including phenoxy) is 2. The van der Waals surface area contributed by atoms with Crippen LogP contribution in [0, 0.1) is 0 Å².